The molecule has 8 nitrogen and oxygen atoms in total. The SMILES string of the molecule is NS(=O)(=O)c1nc(-c2csnn2)n[nH]1. The van der Waals surface area contributed by atoms with E-state index >= 15 is 0 Å². The van der Waals surface area contributed by atoms with Crippen molar-refractivity contribution >= 4 is 21.6 Å². The van der Waals surface area contributed by atoms with E-state index < -0.39 is 10.0 Å². The molecular formula is C4H4N6O2S2. The molecule has 74 valence electrons. The largest absolute Gasteiger partial charge is 0.273 e. The molecule has 0 aliphatic heterocycles. The highest BCUT2D eigenvalue weighted by Crippen LogP contribution is 2.12. The van der Waals surface area contributed by atoms with Crippen molar-refractivity contribution < 1.29 is 8.42 Å². The van der Waals surface area contributed by atoms with Gasteiger partial charge in [0.1, 0.15) is 5.69 Å². The van der Waals surface area contributed by atoms with E-state index in [1.807, 2.05) is 0 Å². The van der Waals surface area contributed by atoms with Crippen LogP contribution < -0.4 is 5.14 Å². The van der Waals surface area contributed by atoms with Crippen LogP contribution in [-0.4, -0.2) is 33.2 Å². The highest BCUT2D eigenvalue weighted by molar-refractivity contribution is 7.89. The van der Waals surface area contributed by atoms with E-state index in [4.69, 9.17) is 5.14 Å². The number of nitrogens with one attached hydrogen (secondary N) is 1. The van der Waals surface area contributed by atoms with Gasteiger partial charge in [-0.1, -0.05) is 4.49 Å². The molecule has 2 aromatic heterocycles. The first-order chi connectivity index (χ1) is 6.57. The van der Waals surface area contributed by atoms with Crippen LogP contribution in [0.3, 0.4) is 0 Å². The van der Waals surface area contributed by atoms with Crippen LogP contribution in [0.2, 0.25) is 0 Å². The molecule has 0 fully saturated rings. The number of hydrogen-bond acceptors (Lipinski definition) is 7. The van der Waals surface area contributed by atoms with Gasteiger partial charge in [-0.05, 0) is 11.5 Å². The summed E-state index contributed by atoms with van der Waals surface area (Å²) in [7, 11) is -3.85. The molecule has 0 atom stereocenters. The Kier molecular flexibility index (Phi) is 2.02. The molecule has 0 spiro atoms. The van der Waals surface area contributed by atoms with E-state index in [-0.39, 0.29) is 11.0 Å². The van der Waals surface area contributed by atoms with Gasteiger partial charge in [0, 0.05) is 5.38 Å². The Balaban J connectivity index is 2.46. The highest BCUT2D eigenvalue weighted by atomic mass is 32.2. The first-order valence-electron chi connectivity index (χ1n) is 3.30. The minimum absolute atomic E-state index is 0.155. The molecule has 0 unspecified atom stereocenters. The molecule has 10 heteroatoms. The average Bonchev–Trinajstić information content (AvgIpc) is 2.73. The zero-order chi connectivity index (χ0) is 10.2. The van der Waals surface area contributed by atoms with Crippen molar-refractivity contribution in [1.82, 2.24) is 24.8 Å². The van der Waals surface area contributed by atoms with Crippen LogP contribution >= 0.6 is 11.5 Å². The Labute approximate surface area is 82.4 Å². The van der Waals surface area contributed by atoms with Crippen molar-refractivity contribution in [3.05, 3.63) is 5.38 Å². The number of nitrogens with two attached hydrogens (primary N) is 1. The molecule has 2 rings (SSSR count). The van der Waals surface area contributed by atoms with Gasteiger partial charge in [0.05, 0.1) is 0 Å². The Morgan fingerprint density at radius 1 is 1.50 bits per heavy atom. The molecule has 0 radical (unpaired) electrons. The molecule has 0 saturated carbocycles. The number of primary sulfonamides is 1. The second kappa shape index (κ2) is 3.08. The van der Waals surface area contributed by atoms with Crippen molar-refractivity contribution in [2.75, 3.05) is 0 Å². The fourth-order valence-electron chi connectivity index (χ4n) is 0.751. The van der Waals surface area contributed by atoms with Gasteiger partial charge in [0.2, 0.25) is 5.82 Å². The third-order valence-electron chi connectivity index (χ3n) is 1.32. The second-order valence-electron chi connectivity index (χ2n) is 2.30. The summed E-state index contributed by atoms with van der Waals surface area (Å²) in [5.74, 6) is 0.155. The lowest BCUT2D eigenvalue weighted by Gasteiger charge is -1.86. The summed E-state index contributed by atoms with van der Waals surface area (Å²) in [6.45, 7) is 0. The van der Waals surface area contributed by atoms with Crippen LogP contribution in [0.15, 0.2) is 10.5 Å². The maximum atomic E-state index is 10.8. The smallest absolute Gasteiger partial charge is 0.248 e. The third-order valence-corrected chi connectivity index (χ3v) is 2.55. The first kappa shape index (κ1) is 9.18. The topological polar surface area (TPSA) is 128 Å². The highest BCUT2D eigenvalue weighted by Gasteiger charge is 2.15. The van der Waals surface area contributed by atoms with Gasteiger partial charge in [-0.2, -0.15) is 10.1 Å². The van der Waals surface area contributed by atoms with Crippen molar-refractivity contribution in [2.45, 2.75) is 5.16 Å². The van der Waals surface area contributed by atoms with Crippen molar-refractivity contribution in [3.63, 3.8) is 0 Å². The number of H-pyrrole nitrogens is 1. The lowest BCUT2D eigenvalue weighted by Crippen LogP contribution is -2.13. The second-order valence-corrected chi connectivity index (χ2v) is 4.39. The van der Waals surface area contributed by atoms with Crippen LogP contribution in [0, 0.1) is 0 Å². The number of rotatable bonds is 2. The van der Waals surface area contributed by atoms with E-state index in [1.54, 1.807) is 5.38 Å². The van der Waals surface area contributed by atoms with Crippen LogP contribution in [0.25, 0.3) is 11.5 Å². The number of aromatic amines is 1. The minimum Gasteiger partial charge on any atom is -0.248 e. The first-order valence-corrected chi connectivity index (χ1v) is 5.68. The maximum Gasteiger partial charge on any atom is 0.273 e. The fourth-order valence-corrected chi connectivity index (χ4v) is 1.57. The summed E-state index contributed by atoms with van der Waals surface area (Å²) in [5, 5.41) is 15.5. The normalized spacial score (nSPS) is 11.8. The lowest BCUT2D eigenvalue weighted by atomic mass is 10.5. The molecule has 14 heavy (non-hydrogen) atoms. The molecule has 0 aromatic carbocycles. The summed E-state index contributed by atoms with van der Waals surface area (Å²) in [5.41, 5.74) is 0.404. The quantitative estimate of drug-likeness (QED) is 0.681. The minimum atomic E-state index is -3.85. The number of hydrogen-bond donors (Lipinski definition) is 2. The molecule has 0 saturated heterocycles. The standard InChI is InChI=1S/C4H4N6O2S2/c5-14(11,12)4-6-3(8-9-4)2-1-13-10-7-2/h1H,(H2,5,11,12)(H,6,8,9). The number of nitrogens with zero attached hydrogens (tertiary/aromatic N) is 4. The summed E-state index contributed by atoms with van der Waals surface area (Å²) < 4.78 is 25.2. The van der Waals surface area contributed by atoms with Crippen molar-refractivity contribution in [3.8, 4) is 11.5 Å². The average molecular weight is 232 g/mol. The third kappa shape index (κ3) is 1.62. The Morgan fingerprint density at radius 3 is 2.79 bits per heavy atom. The zero-order valence-corrected chi connectivity index (χ0v) is 8.21. The number of aromatic nitrogens is 5. The predicted molar refractivity (Wildman–Crippen MR) is 46.7 cm³/mol. The van der Waals surface area contributed by atoms with Crippen LogP contribution in [0.4, 0.5) is 0 Å². The van der Waals surface area contributed by atoms with Crippen LogP contribution in [-0.2, 0) is 10.0 Å². The molecule has 3 N–H and O–H groups in total. The number of sulfonamides is 1. The van der Waals surface area contributed by atoms with E-state index in [0.717, 1.165) is 11.5 Å². The molecule has 0 amide bonds. The summed E-state index contributed by atoms with van der Waals surface area (Å²) >= 11 is 1.12. The summed E-state index contributed by atoms with van der Waals surface area (Å²) in [6.07, 6.45) is 0. The predicted octanol–water partition coefficient (Wildman–Crippen LogP) is -1.03. The van der Waals surface area contributed by atoms with E-state index in [1.165, 1.54) is 0 Å². The van der Waals surface area contributed by atoms with Gasteiger partial charge < -0.3 is 0 Å². The van der Waals surface area contributed by atoms with Crippen LogP contribution in [0.1, 0.15) is 0 Å². The van der Waals surface area contributed by atoms with E-state index in [2.05, 4.69) is 24.8 Å². The van der Waals surface area contributed by atoms with Crippen molar-refractivity contribution in [2.24, 2.45) is 5.14 Å². The molecule has 2 aromatic rings. The van der Waals surface area contributed by atoms with Gasteiger partial charge in [0.15, 0.2) is 0 Å². The fraction of sp³-hybridized carbons (Fsp3) is 0. The van der Waals surface area contributed by atoms with Gasteiger partial charge >= 0.3 is 0 Å². The Morgan fingerprint density at radius 2 is 2.29 bits per heavy atom. The van der Waals surface area contributed by atoms with Gasteiger partial charge in [0.25, 0.3) is 15.2 Å². The molecule has 0 aliphatic carbocycles. The monoisotopic (exact) mass is 232 g/mol. The molecule has 2 heterocycles. The van der Waals surface area contributed by atoms with Crippen molar-refractivity contribution in [1.29, 1.82) is 0 Å². The van der Waals surface area contributed by atoms with Gasteiger partial charge in [-0.3, -0.25) is 0 Å². The molecular weight excluding hydrogens is 228 g/mol. The Hall–Kier alpha value is -1.39. The summed E-state index contributed by atoms with van der Waals surface area (Å²) in [4.78, 5) is 3.65. The zero-order valence-electron chi connectivity index (χ0n) is 6.58. The van der Waals surface area contributed by atoms with E-state index in [9.17, 15) is 8.42 Å². The van der Waals surface area contributed by atoms with Gasteiger partial charge in [-0.15, -0.1) is 5.10 Å². The molecule has 0 bridgehead atoms. The maximum absolute atomic E-state index is 10.8. The van der Waals surface area contributed by atoms with E-state index in [0.29, 0.717) is 5.69 Å². The Bertz CT molecular complexity index is 528. The lowest BCUT2D eigenvalue weighted by molar-refractivity contribution is 0.589. The van der Waals surface area contributed by atoms with Crippen LogP contribution in [0.5, 0.6) is 0 Å². The molecule has 0 aliphatic rings. The summed E-state index contributed by atoms with van der Waals surface area (Å²) in [6, 6.07) is 0. The van der Waals surface area contributed by atoms with Gasteiger partial charge in [-0.25, -0.2) is 18.7 Å².